The zero-order valence-electron chi connectivity index (χ0n) is 33.4. The van der Waals surface area contributed by atoms with Crippen molar-refractivity contribution < 1.29 is 8.83 Å². The van der Waals surface area contributed by atoms with E-state index in [1.807, 2.05) is 54.7 Å². The summed E-state index contributed by atoms with van der Waals surface area (Å²) in [6, 6.07) is 69.4. The molecule has 0 aliphatic carbocycles. The van der Waals surface area contributed by atoms with Crippen LogP contribution in [0.1, 0.15) is 0 Å². The maximum absolute atomic E-state index is 6.72. The summed E-state index contributed by atoms with van der Waals surface area (Å²) < 4.78 is 13.2. The number of hydrogen-bond donors (Lipinski definition) is 0. The normalized spacial score (nSPS) is 11.5. The van der Waals surface area contributed by atoms with Gasteiger partial charge in [0.25, 0.3) is 0 Å². The van der Waals surface area contributed by atoms with E-state index in [-0.39, 0.29) is 0 Å². The fourth-order valence-corrected chi connectivity index (χ4v) is 8.74. The number of rotatable bonds is 7. The molecular formula is C57H35N3O2. The van der Waals surface area contributed by atoms with Crippen LogP contribution in [-0.2, 0) is 0 Å². The molecule has 0 N–H and O–H groups in total. The Bertz CT molecular complexity index is 3590. The van der Waals surface area contributed by atoms with Crippen LogP contribution >= 0.6 is 0 Å². The predicted molar refractivity (Wildman–Crippen MR) is 252 cm³/mol. The molecule has 0 atom stereocenters. The Morgan fingerprint density at radius 3 is 1.56 bits per heavy atom. The number of aromatic nitrogens is 3. The Balaban J connectivity index is 0.918. The van der Waals surface area contributed by atoms with Crippen molar-refractivity contribution in [3.05, 3.63) is 213 Å². The Morgan fingerprint density at radius 1 is 0.323 bits per heavy atom. The minimum atomic E-state index is 0.669. The van der Waals surface area contributed by atoms with Gasteiger partial charge in [0.05, 0.1) is 11.4 Å². The molecule has 0 radical (unpaired) electrons. The molecule has 5 nitrogen and oxygen atoms in total. The highest BCUT2D eigenvalue weighted by Gasteiger charge is 2.21. The number of benzene rings is 8. The lowest BCUT2D eigenvalue weighted by atomic mass is 9.93. The molecule has 5 heteroatoms. The van der Waals surface area contributed by atoms with Gasteiger partial charge in [-0.3, -0.25) is 4.98 Å². The molecule has 0 unspecified atom stereocenters. The zero-order valence-corrected chi connectivity index (χ0v) is 33.4. The molecule has 0 saturated heterocycles. The standard InChI is InChI=1S/C57H35N3O2/c1-2-10-40(11-3-1)50-34-51(60-57(59-50)42-29-23-37(24-30-42)36-19-21-38(22-20-36)43-12-9-33-58-35-43)41-27-25-39(26-28-41)44-31-32-46(54-49-14-5-7-18-53(49)62-56(44)54)48-16-8-15-47-45-13-4-6-17-52(45)61-55(47)48/h1-35H. The minimum Gasteiger partial charge on any atom is -0.455 e. The van der Waals surface area contributed by atoms with Gasteiger partial charge in [0.1, 0.15) is 22.3 Å². The van der Waals surface area contributed by atoms with E-state index >= 15 is 0 Å². The smallest absolute Gasteiger partial charge is 0.160 e. The third kappa shape index (κ3) is 6.14. The first kappa shape index (κ1) is 35.5. The van der Waals surface area contributed by atoms with Crippen molar-refractivity contribution in [3.63, 3.8) is 0 Å². The summed E-state index contributed by atoms with van der Waals surface area (Å²) in [5.41, 5.74) is 16.8. The van der Waals surface area contributed by atoms with Crippen molar-refractivity contribution in [3.8, 4) is 78.4 Å². The molecule has 4 heterocycles. The average molecular weight is 794 g/mol. The van der Waals surface area contributed by atoms with Gasteiger partial charge in [0.15, 0.2) is 5.82 Å². The Kier molecular flexibility index (Phi) is 8.42. The van der Waals surface area contributed by atoms with Gasteiger partial charge in [-0.25, -0.2) is 9.97 Å². The molecule has 0 bridgehead atoms. The first-order valence-electron chi connectivity index (χ1n) is 20.7. The number of fused-ring (bicyclic) bond motifs is 6. The van der Waals surface area contributed by atoms with Crippen molar-refractivity contribution in [1.29, 1.82) is 0 Å². The van der Waals surface area contributed by atoms with E-state index in [1.165, 1.54) is 0 Å². The minimum absolute atomic E-state index is 0.669. The highest BCUT2D eigenvalue weighted by atomic mass is 16.3. The molecule has 290 valence electrons. The molecule has 0 fully saturated rings. The molecule has 0 aliphatic heterocycles. The number of nitrogens with zero attached hydrogens (tertiary/aromatic N) is 3. The van der Waals surface area contributed by atoms with Gasteiger partial charge in [-0.2, -0.15) is 0 Å². The topological polar surface area (TPSA) is 65.0 Å². The number of hydrogen-bond acceptors (Lipinski definition) is 5. The van der Waals surface area contributed by atoms with Crippen LogP contribution in [0.3, 0.4) is 0 Å². The van der Waals surface area contributed by atoms with Crippen LogP contribution in [0.25, 0.3) is 122 Å². The second kappa shape index (κ2) is 14.7. The van der Waals surface area contributed by atoms with Crippen LogP contribution in [0.15, 0.2) is 221 Å². The Hall–Kier alpha value is -8.41. The fourth-order valence-electron chi connectivity index (χ4n) is 8.74. The second-order valence-electron chi connectivity index (χ2n) is 15.5. The maximum Gasteiger partial charge on any atom is 0.160 e. The molecule has 12 aromatic rings. The number of pyridine rings is 1. The van der Waals surface area contributed by atoms with Crippen molar-refractivity contribution in [2.75, 3.05) is 0 Å². The zero-order chi connectivity index (χ0) is 41.0. The van der Waals surface area contributed by atoms with Gasteiger partial charge in [-0.1, -0.05) is 170 Å². The maximum atomic E-state index is 6.72. The molecule has 0 aliphatic rings. The lowest BCUT2D eigenvalue weighted by Crippen LogP contribution is -1.96. The monoisotopic (exact) mass is 793 g/mol. The highest BCUT2D eigenvalue weighted by Crippen LogP contribution is 2.45. The summed E-state index contributed by atoms with van der Waals surface area (Å²) in [5, 5.41) is 4.34. The second-order valence-corrected chi connectivity index (χ2v) is 15.5. The van der Waals surface area contributed by atoms with Crippen LogP contribution in [0.4, 0.5) is 0 Å². The van der Waals surface area contributed by atoms with E-state index in [0.717, 1.165) is 116 Å². The van der Waals surface area contributed by atoms with Gasteiger partial charge in [0.2, 0.25) is 0 Å². The largest absolute Gasteiger partial charge is 0.455 e. The molecule has 0 spiro atoms. The molecule has 8 aromatic carbocycles. The molecule has 12 rings (SSSR count). The summed E-state index contributed by atoms with van der Waals surface area (Å²) in [5.74, 6) is 0.669. The van der Waals surface area contributed by atoms with Gasteiger partial charge in [-0.15, -0.1) is 0 Å². The van der Waals surface area contributed by atoms with Crippen LogP contribution in [0, 0.1) is 0 Å². The van der Waals surface area contributed by atoms with Gasteiger partial charge < -0.3 is 8.83 Å². The van der Waals surface area contributed by atoms with E-state index in [4.69, 9.17) is 18.8 Å². The molecular weight excluding hydrogens is 759 g/mol. The van der Waals surface area contributed by atoms with Gasteiger partial charge in [-0.05, 0) is 63.7 Å². The first-order valence-corrected chi connectivity index (χ1v) is 20.7. The average Bonchev–Trinajstić information content (AvgIpc) is 3.94. The highest BCUT2D eigenvalue weighted by molar-refractivity contribution is 6.19. The summed E-state index contributed by atoms with van der Waals surface area (Å²) >= 11 is 0. The molecule has 62 heavy (non-hydrogen) atoms. The summed E-state index contributed by atoms with van der Waals surface area (Å²) in [6.07, 6.45) is 3.68. The number of para-hydroxylation sites is 3. The van der Waals surface area contributed by atoms with Crippen molar-refractivity contribution in [2.24, 2.45) is 0 Å². The van der Waals surface area contributed by atoms with Crippen molar-refractivity contribution >= 4 is 43.9 Å². The van der Waals surface area contributed by atoms with E-state index < -0.39 is 0 Å². The summed E-state index contributed by atoms with van der Waals surface area (Å²) in [6.45, 7) is 0. The lowest BCUT2D eigenvalue weighted by molar-refractivity contribution is 0.669. The quantitative estimate of drug-likeness (QED) is 0.161. The first-order chi connectivity index (χ1) is 30.7. The van der Waals surface area contributed by atoms with E-state index in [0.29, 0.717) is 5.82 Å². The Morgan fingerprint density at radius 2 is 0.855 bits per heavy atom. The fraction of sp³-hybridized carbons (Fsp3) is 0. The predicted octanol–water partition coefficient (Wildman–Crippen LogP) is 15.3. The van der Waals surface area contributed by atoms with Crippen LogP contribution < -0.4 is 0 Å². The third-order valence-corrected chi connectivity index (χ3v) is 11.9. The van der Waals surface area contributed by atoms with Gasteiger partial charge >= 0.3 is 0 Å². The van der Waals surface area contributed by atoms with Gasteiger partial charge in [0, 0.05) is 61.8 Å². The summed E-state index contributed by atoms with van der Waals surface area (Å²) in [4.78, 5) is 14.5. The molecule has 4 aromatic heterocycles. The van der Waals surface area contributed by atoms with E-state index in [1.54, 1.807) is 6.20 Å². The third-order valence-electron chi connectivity index (χ3n) is 11.9. The summed E-state index contributed by atoms with van der Waals surface area (Å²) in [7, 11) is 0. The van der Waals surface area contributed by atoms with Crippen LogP contribution in [0.5, 0.6) is 0 Å². The van der Waals surface area contributed by atoms with E-state index in [9.17, 15) is 0 Å². The van der Waals surface area contributed by atoms with E-state index in [2.05, 4.69) is 157 Å². The van der Waals surface area contributed by atoms with Crippen LogP contribution in [-0.4, -0.2) is 15.0 Å². The molecule has 0 amide bonds. The number of furan rings is 2. The molecule has 0 saturated carbocycles. The SMILES string of the molecule is c1ccc(-c2cc(-c3ccc(-c4ccc(-c5cccc6c5oc5ccccc56)c5c4oc4ccccc45)cc3)nc(-c3ccc(-c4ccc(-c5cccnc5)cc4)cc3)n2)cc1. The van der Waals surface area contributed by atoms with Crippen LogP contribution in [0.2, 0.25) is 0 Å². The lowest BCUT2D eigenvalue weighted by Gasteiger charge is -2.11. The van der Waals surface area contributed by atoms with Crippen molar-refractivity contribution in [2.45, 2.75) is 0 Å². The Labute approximate surface area is 357 Å². The van der Waals surface area contributed by atoms with Crippen molar-refractivity contribution in [1.82, 2.24) is 15.0 Å².